The Morgan fingerprint density at radius 1 is 1.24 bits per heavy atom. The fourth-order valence-corrected chi connectivity index (χ4v) is 2.91. The molecule has 0 aliphatic heterocycles. The van der Waals surface area contributed by atoms with Crippen molar-refractivity contribution >= 4 is 17.2 Å². The summed E-state index contributed by atoms with van der Waals surface area (Å²) in [6, 6.07) is 10.6. The van der Waals surface area contributed by atoms with Crippen LogP contribution >= 0.6 is 11.6 Å². The molecule has 3 aromatic heterocycles. The minimum atomic E-state index is -0.216. The van der Waals surface area contributed by atoms with Gasteiger partial charge in [0.1, 0.15) is 0 Å². The first kappa shape index (κ1) is 15.6. The zero-order chi connectivity index (χ0) is 17.4. The summed E-state index contributed by atoms with van der Waals surface area (Å²) in [6.45, 7) is 0.320. The van der Waals surface area contributed by atoms with Gasteiger partial charge in [-0.15, -0.1) is 0 Å². The van der Waals surface area contributed by atoms with Crippen LogP contribution in [0.1, 0.15) is 5.69 Å². The molecule has 0 saturated heterocycles. The highest BCUT2D eigenvalue weighted by molar-refractivity contribution is 6.30. The molecule has 25 heavy (non-hydrogen) atoms. The maximum atomic E-state index is 12.5. The van der Waals surface area contributed by atoms with E-state index in [1.54, 1.807) is 31.5 Å². The number of nitrogens with zero attached hydrogens (tertiary/aromatic N) is 3. The molecule has 0 saturated carbocycles. The molecule has 7 nitrogen and oxygen atoms in total. The maximum absolute atomic E-state index is 12.5. The van der Waals surface area contributed by atoms with Gasteiger partial charge in [0.05, 0.1) is 23.7 Å². The van der Waals surface area contributed by atoms with E-state index in [0.29, 0.717) is 28.7 Å². The fraction of sp³-hybridized carbons (Fsp3) is 0.118. The van der Waals surface area contributed by atoms with E-state index >= 15 is 0 Å². The van der Waals surface area contributed by atoms with Gasteiger partial charge in [0.2, 0.25) is 0 Å². The number of ether oxygens (including phenoxy) is 1. The van der Waals surface area contributed by atoms with Gasteiger partial charge in [-0.25, -0.2) is 9.50 Å². The van der Waals surface area contributed by atoms with Crippen molar-refractivity contribution in [3.8, 4) is 22.5 Å². The molecule has 3 heterocycles. The second kappa shape index (κ2) is 6.19. The van der Waals surface area contributed by atoms with E-state index in [1.807, 2.05) is 12.1 Å². The Morgan fingerprint density at radius 3 is 2.72 bits per heavy atom. The van der Waals surface area contributed by atoms with Crippen LogP contribution < -0.4 is 5.56 Å². The number of methoxy groups -OCH3 is 1. The van der Waals surface area contributed by atoms with Crippen LogP contribution in [0.25, 0.3) is 28.2 Å². The largest absolute Gasteiger partial charge is 0.378 e. The van der Waals surface area contributed by atoms with Crippen molar-refractivity contribution in [3.05, 3.63) is 63.7 Å². The molecule has 0 atom stereocenters. The van der Waals surface area contributed by atoms with E-state index < -0.39 is 0 Å². The van der Waals surface area contributed by atoms with Crippen LogP contribution in [0, 0.1) is 0 Å². The SMILES string of the molecule is COCc1[nH]n2c(=O)cc(-c3ccn[nH]3)nc2c1-c1ccc(Cl)cc1. The maximum Gasteiger partial charge on any atom is 0.273 e. The molecule has 0 unspecified atom stereocenters. The highest BCUT2D eigenvalue weighted by atomic mass is 35.5. The molecule has 0 bridgehead atoms. The zero-order valence-electron chi connectivity index (χ0n) is 13.3. The summed E-state index contributed by atoms with van der Waals surface area (Å²) in [4.78, 5) is 17.2. The van der Waals surface area contributed by atoms with E-state index in [0.717, 1.165) is 16.8 Å². The number of aromatic amines is 2. The first-order chi connectivity index (χ1) is 12.2. The zero-order valence-corrected chi connectivity index (χ0v) is 14.0. The number of hydrogen-bond donors (Lipinski definition) is 2. The van der Waals surface area contributed by atoms with Crippen LogP contribution in [0.5, 0.6) is 0 Å². The van der Waals surface area contributed by atoms with Crippen molar-refractivity contribution in [2.24, 2.45) is 0 Å². The molecule has 126 valence electrons. The van der Waals surface area contributed by atoms with Crippen LogP contribution in [0.3, 0.4) is 0 Å². The molecule has 4 rings (SSSR count). The third-order valence-corrected chi connectivity index (χ3v) is 4.14. The minimum Gasteiger partial charge on any atom is -0.378 e. The predicted octanol–water partition coefficient (Wildman–Crippen LogP) is 2.88. The average molecular weight is 356 g/mol. The number of hydrogen-bond acceptors (Lipinski definition) is 4. The first-order valence-corrected chi connectivity index (χ1v) is 7.94. The highest BCUT2D eigenvalue weighted by Crippen LogP contribution is 2.29. The van der Waals surface area contributed by atoms with Crippen molar-refractivity contribution in [3.63, 3.8) is 0 Å². The van der Waals surface area contributed by atoms with Crippen molar-refractivity contribution in [1.82, 2.24) is 24.8 Å². The summed E-state index contributed by atoms with van der Waals surface area (Å²) in [5.41, 5.74) is 3.97. The van der Waals surface area contributed by atoms with Crippen LogP contribution in [-0.4, -0.2) is 31.9 Å². The van der Waals surface area contributed by atoms with Crippen LogP contribution in [0.15, 0.2) is 47.4 Å². The summed E-state index contributed by atoms with van der Waals surface area (Å²) in [7, 11) is 1.60. The van der Waals surface area contributed by atoms with Gasteiger partial charge in [0, 0.05) is 30.0 Å². The molecular weight excluding hydrogens is 342 g/mol. The van der Waals surface area contributed by atoms with Crippen molar-refractivity contribution in [1.29, 1.82) is 0 Å². The molecule has 0 aliphatic carbocycles. The second-order valence-electron chi connectivity index (χ2n) is 5.51. The van der Waals surface area contributed by atoms with Gasteiger partial charge in [-0.05, 0) is 23.8 Å². The molecule has 2 N–H and O–H groups in total. The third-order valence-electron chi connectivity index (χ3n) is 3.89. The Balaban J connectivity index is 2.02. The number of fused-ring (bicyclic) bond motifs is 1. The topological polar surface area (TPSA) is 88.1 Å². The summed E-state index contributed by atoms with van der Waals surface area (Å²) >= 11 is 6.00. The summed E-state index contributed by atoms with van der Waals surface area (Å²) < 4.78 is 6.68. The Hall–Kier alpha value is -2.90. The van der Waals surface area contributed by atoms with Gasteiger partial charge in [0.25, 0.3) is 5.56 Å². The van der Waals surface area contributed by atoms with E-state index in [1.165, 1.54) is 10.6 Å². The van der Waals surface area contributed by atoms with Gasteiger partial charge in [-0.1, -0.05) is 23.7 Å². The van der Waals surface area contributed by atoms with Crippen molar-refractivity contribution in [2.45, 2.75) is 6.61 Å². The van der Waals surface area contributed by atoms with E-state index in [4.69, 9.17) is 16.3 Å². The Bertz CT molecular complexity index is 1080. The Kier molecular flexibility index (Phi) is 3.87. The van der Waals surface area contributed by atoms with Gasteiger partial charge < -0.3 is 4.74 Å². The number of rotatable bonds is 4. The molecule has 1 aromatic carbocycles. The lowest BCUT2D eigenvalue weighted by Gasteiger charge is -2.04. The summed E-state index contributed by atoms with van der Waals surface area (Å²) in [6.07, 6.45) is 1.62. The van der Waals surface area contributed by atoms with Crippen molar-refractivity contribution < 1.29 is 4.74 Å². The lowest BCUT2D eigenvalue weighted by molar-refractivity contribution is 0.181. The van der Waals surface area contributed by atoms with Gasteiger partial charge in [0.15, 0.2) is 5.65 Å². The number of H-pyrrole nitrogens is 2. The number of aromatic nitrogens is 5. The van der Waals surface area contributed by atoms with Crippen LogP contribution in [0.4, 0.5) is 0 Å². The monoisotopic (exact) mass is 355 g/mol. The number of benzene rings is 1. The quantitative estimate of drug-likeness (QED) is 0.589. The van der Waals surface area contributed by atoms with E-state index in [2.05, 4.69) is 20.3 Å². The predicted molar refractivity (Wildman–Crippen MR) is 94.6 cm³/mol. The molecule has 0 amide bonds. The first-order valence-electron chi connectivity index (χ1n) is 7.56. The van der Waals surface area contributed by atoms with Gasteiger partial charge >= 0.3 is 0 Å². The summed E-state index contributed by atoms with van der Waals surface area (Å²) in [5.74, 6) is 0. The molecule has 8 heteroatoms. The van der Waals surface area contributed by atoms with Gasteiger partial charge in [-0.2, -0.15) is 5.10 Å². The Morgan fingerprint density at radius 2 is 2.04 bits per heavy atom. The van der Waals surface area contributed by atoms with E-state index in [9.17, 15) is 4.79 Å². The average Bonchev–Trinajstić information content (AvgIpc) is 3.24. The molecule has 0 aliphatic rings. The lowest BCUT2D eigenvalue weighted by Crippen LogP contribution is -2.14. The molecule has 4 aromatic rings. The normalized spacial score (nSPS) is 11.3. The molecule has 0 radical (unpaired) electrons. The summed E-state index contributed by atoms with van der Waals surface area (Å²) in [5, 5.41) is 10.5. The minimum absolute atomic E-state index is 0.216. The third kappa shape index (κ3) is 2.73. The van der Waals surface area contributed by atoms with Crippen LogP contribution in [-0.2, 0) is 11.3 Å². The number of halogens is 1. The van der Waals surface area contributed by atoms with Gasteiger partial charge in [-0.3, -0.25) is 15.0 Å². The smallest absolute Gasteiger partial charge is 0.273 e. The molecular formula is C17H14ClN5O2. The lowest BCUT2D eigenvalue weighted by atomic mass is 10.1. The number of nitrogens with one attached hydrogen (secondary N) is 2. The Labute approximate surface area is 147 Å². The van der Waals surface area contributed by atoms with Crippen molar-refractivity contribution in [2.75, 3.05) is 7.11 Å². The highest BCUT2D eigenvalue weighted by Gasteiger charge is 2.17. The molecule has 0 fully saturated rings. The van der Waals surface area contributed by atoms with Crippen LogP contribution in [0.2, 0.25) is 5.02 Å². The standard InChI is InChI=1S/C17H14ClN5O2/c1-25-9-14-16(10-2-4-11(18)5-3-10)17-20-13(12-6-7-19-21-12)8-15(24)23(17)22-14/h2-8,22H,9H2,1H3,(H,19,21). The fourth-order valence-electron chi connectivity index (χ4n) is 2.79. The van der Waals surface area contributed by atoms with E-state index in [-0.39, 0.29) is 5.56 Å². The molecule has 0 spiro atoms. The second-order valence-corrected chi connectivity index (χ2v) is 5.95.